The number of rotatable bonds is 6. The van der Waals surface area contributed by atoms with Gasteiger partial charge in [-0.3, -0.25) is 9.80 Å². The highest BCUT2D eigenvalue weighted by Gasteiger charge is 2.25. The minimum absolute atomic E-state index is 0.673. The molecule has 2 fully saturated rings. The van der Waals surface area contributed by atoms with E-state index in [0.717, 1.165) is 68.9 Å². The molecule has 26 heavy (non-hydrogen) atoms. The Labute approximate surface area is 154 Å². The zero-order valence-corrected chi connectivity index (χ0v) is 15.4. The highest BCUT2D eigenvalue weighted by molar-refractivity contribution is 5.54. The molecule has 2 aromatic rings. The molecule has 3 heterocycles. The lowest BCUT2D eigenvalue weighted by atomic mass is 10.1. The van der Waals surface area contributed by atoms with Gasteiger partial charge in [-0.2, -0.15) is 0 Å². The van der Waals surface area contributed by atoms with Crippen molar-refractivity contribution in [2.24, 2.45) is 5.92 Å². The van der Waals surface area contributed by atoms with Crippen molar-refractivity contribution in [3.63, 3.8) is 0 Å². The van der Waals surface area contributed by atoms with Gasteiger partial charge >= 0.3 is 0 Å². The number of morpholine rings is 1. The number of hydrogen-bond acceptors (Lipinski definition) is 6. The van der Waals surface area contributed by atoms with Gasteiger partial charge in [-0.05, 0) is 43.1 Å². The molecule has 0 amide bonds. The van der Waals surface area contributed by atoms with Crippen LogP contribution in [0.4, 0.5) is 0 Å². The van der Waals surface area contributed by atoms with Crippen LogP contribution >= 0.6 is 0 Å². The Morgan fingerprint density at radius 1 is 1.12 bits per heavy atom. The molecule has 2 aliphatic heterocycles. The smallest absolute Gasteiger partial charge is 0.226 e. The summed E-state index contributed by atoms with van der Waals surface area (Å²) >= 11 is 0. The molecule has 140 valence electrons. The first-order valence-corrected chi connectivity index (χ1v) is 9.41. The molecular weight excluding hydrogens is 330 g/mol. The van der Waals surface area contributed by atoms with E-state index in [-0.39, 0.29) is 0 Å². The van der Waals surface area contributed by atoms with Gasteiger partial charge in [-0.1, -0.05) is 0 Å². The molecule has 0 aliphatic carbocycles. The highest BCUT2D eigenvalue weighted by atomic mass is 16.5. The van der Waals surface area contributed by atoms with E-state index in [1.807, 2.05) is 24.3 Å². The minimum Gasteiger partial charge on any atom is -0.497 e. The summed E-state index contributed by atoms with van der Waals surface area (Å²) in [6, 6.07) is 7.80. The van der Waals surface area contributed by atoms with Crippen LogP contribution in [0.3, 0.4) is 0 Å². The third kappa shape index (κ3) is 4.26. The predicted octanol–water partition coefficient (Wildman–Crippen LogP) is 2.50. The molecule has 0 radical (unpaired) electrons. The second-order valence-corrected chi connectivity index (χ2v) is 7.18. The average Bonchev–Trinajstić information content (AvgIpc) is 3.33. The normalized spacial score (nSPS) is 22.0. The zero-order chi connectivity index (χ0) is 17.8. The summed E-state index contributed by atoms with van der Waals surface area (Å²) in [5, 5.41) is 0. The number of benzene rings is 1. The van der Waals surface area contributed by atoms with E-state index >= 15 is 0 Å². The van der Waals surface area contributed by atoms with Gasteiger partial charge in [0, 0.05) is 38.3 Å². The standard InChI is InChI=1S/C20H27N3O3/c1-24-19-4-2-17(3-5-19)20-21-18(15-26-20)14-23-7-6-16(13-23)12-22-8-10-25-11-9-22/h2-5,15-16H,6-14H2,1H3. The van der Waals surface area contributed by atoms with Gasteiger partial charge in [0.2, 0.25) is 5.89 Å². The largest absolute Gasteiger partial charge is 0.497 e. The van der Waals surface area contributed by atoms with Crippen LogP contribution in [0.1, 0.15) is 12.1 Å². The van der Waals surface area contributed by atoms with E-state index in [1.54, 1.807) is 13.4 Å². The molecule has 0 saturated carbocycles. The maximum atomic E-state index is 5.68. The number of methoxy groups -OCH3 is 1. The molecule has 0 N–H and O–H groups in total. The lowest BCUT2D eigenvalue weighted by molar-refractivity contribution is 0.0311. The van der Waals surface area contributed by atoms with Crippen LogP contribution in [0, 0.1) is 5.92 Å². The molecular formula is C20H27N3O3. The molecule has 4 rings (SSSR count). The summed E-state index contributed by atoms with van der Waals surface area (Å²) in [4.78, 5) is 9.69. The minimum atomic E-state index is 0.673. The fraction of sp³-hybridized carbons (Fsp3) is 0.550. The quantitative estimate of drug-likeness (QED) is 0.792. The van der Waals surface area contributed by atoms with E-state index < -0.39 is 0 Å². The summed E-state index contributed by atoms with van der Waals surface area (Å²) in [7, 11) is 1.67. The zero-order valence-electron chi connectivity index (χ0n) is 15.4. The van der Waals surface area contributed by atoms with E-state index in [9.17, 15) is 0 Å². The van der Waals surface area contributed by atoms with Gasteiger partial charge in [0.25, 0.3) is 0 Å². The first-order valence-electron chi connectivity index (χ1n) is 9.41. The Kier molecular flexibility index (Phi) is 5.53. The molecule has 1 aromatic carbocycles. The van der Waals surface area contributed by atoms with Crippen molar-refractivity contribution in [2.75, 3.05) is 53.0 Å². The van der Waals surface area contributed by atoms with Crippen molar-refractivity contribution >= 4 is 0 Å². The van der Waals surface area contributed by atoms with E-state index in [4.69, 9.17) is 13.9 Å². The number of nitrogens with zero attached hydrogens (tertiary/aromatic N) is 3. The van der Waals surface area contributed by atoms with E-state index in [1.165, 1.54) is 13.0 Å². The first kappa shape index (κ1) is 17.5. The molecule has 1 atom stereocenters. The summed E-state index contributed by atoms with van der Waals surface area (Å²) in [5.74, 6) is 2.26. The van der Waals surface area contributed by atoms with Gasteiger partial charge in [-0.15, -0.1) is 0 Å². The van der Waals surface area contributed by atoms with Gasteiger partial charge in [0.1, 0.15) is 12.0 Å². The van der Waals surface area contributed by atoms with Crippen LogP contribution < -0.4 is 4.74 Å². The summed E-state index contributed by atoms with van der Waals surface area (Å²) in [5.41, 5.74) is 1.98. The number of likely N-dealkylation sites (tertiary alicyclic amines) is 1. The van der Waals surface area contributed by atoms with Crippen molar-refractivity contribution in [1.29, 1.82) is 0 Å². The van der Waals surface area contributed by atoms with Gasteiger partial charge in [0.05, 0.1) is 26.0 Å². The molecule has 2 aliphatic rings. The second-order valence-electron chi connectivity index (χ2n) is 7.18. The molecule has 6 heteroatoms. The Morgan fingerprint density at radius 3 is 2.69 bits per heavy atom. The van der Waals surface area contributed by atoms with Crippen LogP contribution in [0.15, 0.2) is 34.9 Å². The van der Waals surface area contributed by atoms with Crippen LogP contribution in [0.25, 0.3) is 11.5 Å². The Balaban J connectivity index is 1.30. The highest BCUT2D eigenvalue weighted by Crippen LogP contribution is 2.24. The maximum absolute atomic E-state index is 5.68. The number of ether oxygens (including phenoxy) is 2. The van der Waals surface area contributed by atoms with Crippen LogP contribution in [-0.2, 0) is 11.3 Å². The Hall–Kier alpha value is -1.89. The molecule has 0 spiro atoms. The molecule has 0 bridgehead atoms. The van der Waals surface area contributed by atoms with E-state index in [0.29, 0.717) is 5.89 Å². The summed E-state index contributed by atoms with van der Waals surface area (Å²) in [6.07, 6.45) is 3.05. The van der Waals surface area contributed by atoms with Crippen LogP contribution in [0.2, 0.25) is 0 Å². The summed E-state index contributed by atoms with van der Waals surface area (Å²) < 4.78 is 16.3. The maximum Gasteiger partial charge on any atom is 0.226 e. The van der Waals surface area contributed by atoms with E-state index in [2.05, 4.69) is 14.8 Å². The second kappa shape index (κ2) is 8.20. The topological polar surface area (TPSA) is 51.0 Å². The van der Waals surface area contributed by atoms with Gasteiger partial charge in [-0.25, -0.2) is 4.98 Å². The Morgan fingerprint density at radius 2 is 1.92 bits per heavy atom. The molecule has 2 saturated heterocycles. The summed E-state index contributed by atoms with van der Waals surface area (Å²) in [6.45, 7) is 8.24. The third-order valence-electron chi connectivity index (χ3n) is 5.26. The van der Waals surface area contributed by atoms with Crippen molar-refractivity contribution in [3.05, 3.63) is 36.2 Å². The number of hydrogen-bond donors (Lipinski definition) is 0. The SMILES string of the molecule is COc1ccc(-c2nc(CN3CCC(CN4CCOCC4)C3)co2)cc1. The average molecular weight is 357 g/mol. The molecule has 1 unspecified atom stereocenters. The molecule has 6 nitrogen and oxygen atoms in total. The number of oxazole rings is 1. The van der Waals surface area contributed by atoms with Crippen LogP contribution in [-0.4, -0.2) is 67.8 Å². The predicted molar refractivity (Wildman–Crippen MR) is 99.1 cm³/mol. The van der Waals surface area contributed by atoms with Crippen molar-refractivity contribution in [1.82, 2.24) is 14.8 Å². The van der Waals surface area contributed by atoms with Crippen molar-refractivity contribution in [3.8, 4) is 17.2 Å². The molecule has 1 aromatic heterocycles. The lowest BCUT2D eigenvalue weighted by Crippen LogP contribution is -2.39. The van der Waals surface area contributed by atoms with Crippen molar-refractivity contribution in [2.45, 2.75) is 13.0 Å². The monoisotopic (exact) mass is 357 g/mol. The fourth-order valence-electron chi connectivity index (χ4n) is 3.83. The van der Waals surface area contributed by atoms with Crippen LogP contribution in [0.5, 0.6) is 5.75 Å². The third-order valence-corrected chi connectivity index (χ3v) is 5.26. The Bertz CT molecular complexity index is 695. The van der Waals surface area contributed by atoms with Gasteiger partial charge in [0.15, 0.2) is 0 Å². The van der Waals surface area contributed by atoms with Gasteiger partial charge < -0.3 is 13.9 Å². The fourth-order valence-corrected chi connectivity index (χ4v) is 3.83. The lowest BCUT2D eigenvalue weighted by Gasteiger charge is -2.29. The number of aromatic nitrogens is 1. The van der Waals surface area contributed by atoms with Crippen molar-refractivity contribution < 1.29 is 13.9 Å². The first-order chi connectivity index (χ1) is 12.8.